The molecule has 1 aliphatic heterocycles. The second-order valence-electron chi connectivity index (χ2n) is 6.30. The number of nitrogens with one attached hydrogen (secondary N) is 1. The quantitative estimate of drug-likeness (QED) is 0.542. The van der Waals surface area contributed by atoms with Crippen LogP contribution >= 0.6 is 0 Å². The number of nitrogens with two attached hydrogens (primary N) is 1. The SMILES string of the molecule is CC(C)(C)OC(=O)N1CC[C@H](NN)CC1(C)C. The largest absolute Gasteiger partial charge is 0.444 e. The number of carbonyl (C=O) groups excluding carboxylic acids is 1. The molecule has 1 heterocycles. The molecule has 0 spiro atoms. The standard InChI is InChI=1S/C12H25N3O2/c1-11(2,3)17-10(16)15-7-6-9(14-13)8-12(15,4)5/h9,14H,6-8,13H2,1-5H3/t9-/m0/s1. The monoisotopic (exact) mass is 243 g/mol. The fourth-order valence-electron chi connectivity index (χ4n) is 2.20. The van der Waals surface area contributed by atoms with Gasteiger partial charge in [0, 0.05) is 18.1 Å². The zero-order valence-corrected chi connectivity index (χ0v) is 11.5. The van der Waals surface area contributed by atoms with E-state index in [-0.39, 0.29) is 17.7 Å². The van der Waals surface area contributed by atoms with E-state index in [0.717, 1.165) is 12.8 Å². The summed E-state index contributed by atoms with van der Waals surface area (Å²) in [5.41, 5.74) is 2.12. The van der Waals surface area contributed by atoms with Crippen molar-refractivity contribution in [3.63, 3.8) is 0 Å². The number of nitrogens with zero attached hydrogens (tertiary/aromatic N) is 1. The molecule has 0 saturated carbocycles. The molecule has 0 radical (unpaired) electrons. The van der Waals surface area contributed by atoms with Crippen LogP contribution < -0.4 is 11.3 Å². The molecule has 0 aliphatic carbocycles. The van der Waals surface area contributed by atoms with Crippen LogP contribution in [0.5, 0.6) is 0 Å². The van der Waals surface area contributed by atoms with E-state index in [2.05, 4.69) is 5.43 Å². The predicted octanol–water partition coefficient (Wildman–Crippen LogP) is 1.63. The average Bonchev–Trinajstić information content (AvgIpc) is 2.12. The van der Waals surface area contributed by atoms with Crippen LogP contribution in [0.1, 0.15) is 47.5 Å². The zero-order chi connectivity index (χ0) is 13.3. The van der Waals surface area contributed by atoms with Gasteiger partial charge in [-0.15, -0.1) is 0 Å². The molecule has 1 fully saturated rings. The molecule has 1 aliphatic rings. The fraction of sp³-hybridized carbons (Fsp3) is 0.917. The number of hydrogen-bond donors (Lipinski definition) is 2. The number of likely N-dealkylation sites (tertiary alicyclic amines) is 1. The molecule has 5 heteroatoms. The fourth-order valence-corrected chi connectivity index (χ4v) is 2.20. The van der Waals surface area contributed by atoms with Crippen molar-refractivity contribution in [2.24, 2.45) is 5.84 Å². The van der Waals surface area contributed by atoms with Gasteiger partial charge >= 0.3 is 6.09 Å². The first-order chi connectivity index (χ1) is 7.65. The van der Waals surface area contributed by atoms with Crippen LogP contribution in [0.25, 0.3) is 0 Å². The summed E-state index contributed by atoms with van der Waals surface area (Å²) < 4.78 is 5.42. The molecule has 0 aromatic carbocycles. The maximum Gasteiger partial charge on any atom is 0.410 e. The lowest BCUT2D eigenvalue weighted by Gasteiger charge is -2.45. The maximum absolute atomic E-state index is 12.1. The molecule has 1 amide bonds. The first-order valence-electron chi connectivity index (χ1n) is 6.12. The zero-order valence-electron chi connectivity index (χ0n) is 11.5. The minimum absolute atomic E-state index is 0.225. The second kappa shape index (κ2) is 4.82. The minimum Gasteiger partial charge on any atom is -0.444 e. The summed E-state index contributed by atoms with van der Waals surface area (Å²) in [6, 6.07) is 0.267. The number of hydrogen-bond acceptors (Lipinski definition) is 4. The van der Waals surface area contributed by atoms with Gasteiger partial charge in [-0.25, -0.2) is 4.79 Å². The Morgan fingerprint density at radius 2 is 2.06 bits per heavy atom. The van der Waals surface area contributed by atoms with Crippen LogP contribution in [0.15, 0.2) is 0 Å². The summed E-state index contributed by atoms with van der Waals surface area (Å²) in [5.74, 6) is 5.46. The Bertz CT molecular complexity index is 284. The number of hydrazine groups is 1. The van der Waals surface area contributed by atoms with Gasteiger partial charge in [0.2, 0.25) is 0 Å². The van der Waals surface area contributed by atoms with Crippen molar-refractivity contribution < 1.29 is 9.53 Å². The van der Waals surface area contributed by atoms with E-state index in [1.807, 2.05) is 34.6 Å². The van der Waals surface area contributed by atoms with Gasteiger partial charge in [-0.1, -0.05) is 0 Å². The van der Waals surface area contributed by atoms with Gasteiger partial charge in [0.25, 0.3) is 0 Å². The van der Waals surface area contributed by atoms with Crippen LogP contribution in [-0.4, -0.2) is 34.7 Å². The molecule has 0 bridgehead atoms. The van der Waals surface area contributed by atoms with Crippen LogP contribution in [0.4, 0.5) is 4.79 Å². The highest BCUT2D eigenvalue weighted by molar-refractivity contribution is 5.69. The third-order valence-electron chi connectivity index (χ3n) is 3.03. The Balaban J connectivity index is 2.68. The first kappa shape index (κ1) is 14.3. The van der Waals surface area contributed by atoms with E-state index >= 15 is 0 Å². The van der Waals surface area contributed by atoms with Gasteiger partial charge in [0.1, 0.15) is 5.60 Å². The van der Waals surface area contributed by atoms with E-state index in [9.17, 15) is 4.79 Å². The van der Waals surface area contributed by atoms with E-state index in [1.54, 1.807) is 4.90 Å². The Labute approximate surface area is 104 Å². The third-order valence-corrected chi connectivity index (χ3v) is 3.03. The first-order valence-corrected chi connectivity index (χ1v) is 6.12. The minimum atomic E-state index is -0.448. The number of piperidine rings is 1. The van der Waals surface area contributed by atoms with Crippen LogP contribution in [0, 0.1) is 0 Å². The highest BCUT2D eigenvalue weighted by Crippen LogP contribution is 2.28. The van der Waals surface area contributed by atoms with Crippen LogP contribution in [0.3, 0.4) is 0 Å². The molecule has 1 saturated heterocycles. The summed E-state index contributed by atoms with van der Waals surface area (Å²) in [5, 5.41) is 0. The number of rotatable bonds is 1. The Hall–Kier alpha value is -0.810. The Morgan fingerprint density at radius 3 is 2.47 bits per heavy atom. The molecule has 1 atom stereocenters. The van der Waals surface area contributed by atoms with Gasteiger partial charge in [-0.2, -0.15) is 0 Å². The van der Waals surface area contributed by atoms with E-state index in [1.165, 1.54) is 0 Å². The van der Waals surface area contributed by atoms with Gasteiger partial charge in [0.15, 0.2) is 0 Å². The molecule has 0 unspecified atom stereocenters. The lowest BCUT2D eigenvalue weighted by atomic mass is 9.87. The highest BCUT2D eigenvalue weighted by atomic mass is 16.6. The Morgan fingerprint density at radius 1 is 1.47 bits per heavy atom. The normalized spacial score (nSPS) is 24.6. The molecule has 3 N–H and O–H groups in total. The summed E-state index contributed by atoms with van der Waals surface area (Å²) >= 11 is 0. The molecule has 5 nitrogen and oxygen atoms in total. The number of carbonyl (C=O) groups is 1. The Kier molecular flexibility index (Phi) is 4.04. The summed E-state index contributed by atoms with van der Waals surface area (Å²) in [6.07, 6.45) is 1.46. The molecule has 100 valence electrons. The van der Waals surface area contributed by atoms with E-state index < -0.39 is 5.60 Å². The molecular weight excluding hydrogens is 218 g/mol. The average molecular weight is 243 g/mol. The van der Waals surface area contributed by atoms with E-state index in [0.29, 0.717) is 6.54 Å². The maximum atomic E-state index is 12.1. The van der Waals surface area contributed by atoms with Crippen molar-refractivity contribution in [2.75, 3.05) is 6.54 Å². The topological polar surface area (TPSA) is 67.6 Å². The summed E-state index contributed by atoms with van der Waals surface area (Å²) in [6.45, 7) is 10.4. The summed E-state index contributed by atoms with van der Waals surface area (Å²) in [7, 11) is 0. The number of amides is 1. The lowest BCUT2D eigenvalue weighted by molar-refractivity contribution is -0.0109. The van der Waals surface area contributed by atoms with Crippen molar-refractivity contribution in [3.8, 4) is 0 Å². The second-order valence-corrected chi connectivity index (χ2v) is 6.30. The number of ether oxygens (including phenoxy) is 1. The van der Waals surface area contributed by atoms with Crippen molar-refractivity contribution in [2.45, 2.75) is 64.6 Å². The van der Waals surface area contributed by atoms with Crippen molar-refractivity contribution in [1.82, 2.24) is 10.3 Å². The van der Waals surface area contributed by atoms with Crippen molar-refractivity contribution in [3.05, 3.63) is 0 Å². The van der Waals surface area contributed by atoms with Crippen molar-refractivity contribution >= 4 is 6.09 Å². The summed E-state index contributed by atoms with van der Waals surface area (Å²) in [4.78, 5) is 13.9. The lowest BCUT2D eigenvalue weighted by Crippen LogP contribution is -2.58. The highest BCUT2D eigenvalue weighted by Gasteiger charge is 2.39. The van der Waals surface area contributed by atoms with Gasteiger partial charge in [-0.05, 0) is 47.5 Å². The third kappa shape index (κ3) is 3.85. The van der Waals surface area contributed by atoms with Crippen LogP contribution in [0.2, 0.25) is 0 Å². The molecule has 0 aromatic rings. The molecule has 0 aromatic heterocycles. The smallest absolute Gasteiger partial charge is 0.410 e. The molecule has 17 heavy (non-hydrogen) atoms. The van der Waals surface area contributed by atoms with Gasteiger partial charge in [-0.3, -0.25) is 11.3 Å². The van der Waals surface area contributed by atoms with Crippen LogP contribution in [-0.2, 0) is 4.74 Å². The van der Waals surface area contributed by atoms with Crippen molar-refractivity contribution in [1.29, 1.82) is 0 Å². The predicted molar refractivity (Wildman–Crippen MR) is 67.4 cm³/mol. The molecule has 1 rings (SSSR count). The van der Waals surface area contributed by atoms with E-state index in [4.69, 9.17) is 10.6 Å². The van der Waals surface area contributed by atoms with Gasteiger partial charge in [0.05, 0.1) is 0 Å². The van der Waals surface area contributed by atoms with Gasteiger partial charge < -0.3 is 9.64 Å². The molecular formula is C12H25N3O2.